The van der Waals surface area contributed by atoms with Crippen LogP contribution in [0.15, 0.2) is 18.5 Å². The van der Waals surface area contributed by atoms with Crippen molar-refractivity contribution in [3.05, 3.63) is 34.3 Å². The first-order valence-corrected chi connectivity index (χ1v) is 6.18. The van der Waals surface area contributed by atoms with E-state index in [9.17, 15) is 4.39 Å². The number of anilines is 3. The number of hydrogen-bond acceptors (Lipinski definition) is 5. The van der Waals surface area contributed by atoms with Crippen LogP contribution in [0.3, 0.4) is 0 Å². The number of imidazole rings is 1. The van der Waals surface area contributed by atoms with E-state index in [2.05, 4.69) is 25.3 Å². The maximum absolute atomic E-state index is 13.4. The summed E-state index contributed by atoms with van der Waals surface area (Å²) >= 11 is 11.5. The number of aromatic nitrogens is 4. The molecule has 0 unspecified atom stereocenters. The highest BCUT2D eigenvalue weighted by atomic mass is 35.5. The predicted octanol–water partition coefficient (Wildman–Crippen LogP) is 3.12. The van der Waals surface area contributed by atoms with Gasteiger partial charge in [0.05, 0.1) is 16.4 Å². The minimum Gasteiger partial charge on any atom is -0.368 e. The molecule has 0 amide bonds. The lowest BCUT2D eigenvalue weighted by atomic mass is 10.3. The maximum Gasteiger partial charge on any atom is 0.224 e. The molecule has 1 aromatic carbocycles. The Morgan fingerprint density at radius 3 is 2.60 bits per heavy atom. The fraction of sp³-hybridized carbons (Fsp3) is 0. The summed E-state index contributed by atoms with van der Waals surface area (Å²) in [6.45, 7) is 0. The molecule has 0 bridgehead atoms. The summed E-state index contributed by atoms with van der Waals surface area (Å²) in [6.07, 6.45) is 1.47. The predicted molar refractivity (Wildman–Crippen MR) is 75.8 cm³/mol. The molecule has 0 atom stereocenters. The molecule has 3 rings (SSSR count). The third-order valence-corrected chi connectivity index (χ3v) is 3.10. The molecule has 20 heavy (non-hydrogen) atoms. The van der Waals surface area contributed by atoms with Crippen LogP contribution in [0.5, 0.6) is 0 Å². The molecule has 0 saturated heterocycles. The van der Waals surface area contributed by atoms with Gasteiger partial charge in [-0.15, -0.1) is 0 Å². The number of aromatic amines is 1. The lowest BCUT2D eigenvalue weighted by Gasteiger charge is -2.08. The maximum atomic E-state index is 13.4. The van der Waals surface area contributed by atoms with E-state index in [0.29, 0.717) is 22.7 Å². The molecule has 0 saturated carbocycles. The number of hydrogen-bond donors (Lipinski definition) is 3. The number of nitrogens with two attached hydrogens (primary N) is 1. The zero-order valence-corrected chi connectivity index (χ0v) is 11.3. The fourth-order valence-corrected chi connectivity index (χ4v) is 2.19. The van der Waals surface area contributed by atoms with E-state index < -0.39 is 5.82 Å². The van der Waals surface area contributed by atoms with Crippen molar-refractivity contribution in [3.63, 3.8) is 0 Å². The van der Waals surface area contributed by atoms with Crippen LogP contribution in [-0.2, 0) is 0 Å². The molecule has 102 valence electrons. The van der Waals surface area contributed by atoms with Gasteiger partial charge in [-0.25, -0.2) is 9.37 Å². The highest BCUT2D eigenvalue weighted by Gasteiger charge is 2.11. The minimum atomic E-state index is -0.673. The number of H-pyrrole nitrogens is 1. The number of nitrogens with one attached hydrogen (secondary N) is 2. The van der Waals surface area contributed by atoms with Gasteiger partial charge in [-0.2, -0.15) is 9.97 Å². The average molecular weight is 313 g/mol. The molecule has 2 heterocycles. The highest BCUT2D eigenvalue weighted by molar-refractivity contribution is 6.35. The van der Waals surface area contributed by atoms with Crippen LogP contribution >= 0.6 is 23.2 Å². The largest absolute Gasteiger partial charge is 0.368 e. The number of benzene rings is 1. The van der Waals surface area contributed by atoms with E-state index in [-0.39, 0.29) is 16.0 Å². The van der Waals surface area contributed by atoms with Gasteiger partial charge < -0.3 is 16.0 Å². The lowest BCUT2D eigenvalue weighted by molar-refractivity contribution is 0.629. The van der Waals surface area contributed by atoms with E-state index in [4.69, 9.17) is 28.9 Å². The van der Waals surface area contributed by atoms with Crippen LogP contribution in [0, 0.1) is 5.82 Å². The molecule has 2 aromatic heterocycles. The van der Waals surface area contributed by atoms with Gasteiger partial charge in [0, 0.05) is 5.69 Å². The Morgan fingerprint density at radius 2 is 1.90 bits per heavy atom. The molecule has 0 aliphatic carbocycles. The third-order valence-electron chi connectivity index (χ3n) is 2.55. The fourth-order valence-electron chi connectivity index (χ4n) is 1.70. The number of nitrogens with zero attached hydrogens (tertiary/aromatic N) is 3. The molecule has 0 spiro atoms. The second-order valence-electron chi connectivity index (χ2n) is 3.91. The van der Waals surface area contributed by atoms with Gasteiger partial charge >= 0.3 is 0 Å². The monoisotopic (exact) mass is 312 g/mol. The van der Waals surface area contributed by atoms with Gasteiger partial charge in [0.25, 0.3) is 0 Å². The van der Waals surface area contributed by atoms with Crippen molar-refractivity contribution in [2.45, 2.75) is 0 Å². The summed E-state index contributed by atoms with van der Waals surface area (Å²) in [5.41, 5.74) is 7.04. The molecule has 9 heteroatoms. The lowest BCUT2D eigenvalue weighted by Crippen LogP contribution is -2.01. The standard InChI is InChI=1S/C11H7Cl2FN6/c12-5-1-4(2-6(13)7(5)14)18-10-8-9(17-3-16-8)19-11(15)20-10/h1-3H,(H4,15,16,17,18,19,20). The normalized spacial score (nSPS) is 10.9. The molecule has 0 aliphatic heterocycles. The Kier molecular flexibility index (Phi) is 3.07. The van der Waals surface area contributed by atoms with E-state index >= 15 is 0 Å². The first kappa shape index (κ1) is 12.9. The van der Waals surface area contributed by atoms with E-state index in [1.807, 2.05) is 0 Å². The third kappa shape index (κ3) is 2.21. The summed E-state index contributed by atoms with van der Waals surface area (Å²) in [6, 6.07) is 2.78. The molecule has 0 radical (unpaired) electrons. The number of rotatable bonds is 2. The van der Waals surface area contributed by atoms with Gasteiger partial charge in [-0.3, -0.25) is 0 Å². The average Bonchev–Trinajstić information content (AvgIpc) is 2.84. The van der Waals surface area contributed by atoms with Gasteiger partial charge in [0.1, 0.15) is 5.52 Å². The topological polar surface area (TPSA) is 92.5 Å². The van der Waals surface area contributed by atoms with E-state index in [0.717, 1.165) is 0 Å². The summed E-state index contributed by atoms with van der Waals surface area (Å²) in [5, 5.41) is 2.76. The Morgan fingerprint density at radius 1 is 1.20 bits per heavy atom. The zero-order chi connectivity index (χ0) is 14.3. The smallest absolute Gasteiger partial charge is 0.224 e. The minimum absolute atomic E-state index is 0.0615. The van der Waals surface area contributed by atoms with Crippen molar-refractivity contribution in [2.24, 2.45) is 0 Å². The van der Waals surface area contributed by atoms with Crippen LogP contribution < -0.4 is 11.1 Å². The second-order valence-corrected chi connectivity index (χ2v) is 4.72. The van der Waals surface area contributed by atoms with Crippen LogP contribution in [0.25, 0.3) is 11.2 Å². The van der Waals surface area contributed by atoms with Crippen LogP contribution in [0.2, 0.25) is 10.0 Å². The Labute approximate surface area is 122 Å². The van der Waals surface area contributed by atoms with Gasteiger partial charge in [0.15, 0.2) is 17.3 Å². The molecular weight excluding hydrogens is 306 g/mol. The van der Waals surface area contributed by atoms with Crippen LogP contribution in [0.4, 0.5) is 21.8 Å². The molecule has 3 aromatic rings. The first-order valence-electron chi connectivity index (χ1n) is 5.43. The second kappa shape index (κ2) is 4.77. The summed E-state index contributed by atoms with van der Waals surface area (Å²) in [5.74, 6) is -0.220. The summed E-state index contributed by atoms with van der Waals surface area (Å²) in [7, 11) is 0. The highest BCUT2D eigenvalue weighted by Crippen LogP contribution is 2.30. The van der Waals surface area contributed by atoms with Crippen molar-refractivity contribution in [3.8, 4) is 0 Å². The summed E-state index contributed by atoms with van der Waals surface area (Å²) in [4.78, 5) is 14.9. The Bertz CT molecular complexity index is 780. The van der Waals surface area contributed by atoms with Crippen LogP contribution in [-0.4, -0.2) is 19.9 Å². The number of halogens is 3. The van der Waals surface area contributed by atoms with Crippen molar-refractivity contribution in [1.82, 2.24) is 19.9 Å². The van der Waals surface area contributed by atoms with Crippen molar-refractivity contribution in [2.75, 3.05) is 11.1 Å². The van der Waals surface area contributed by atoms with Gasteiger partial charge in [0.2, 0.25) is 5.95 Å². The quantitative estimate of drug-likeness (QED) is 0.632. The Balaban J connectivity index is 2.07. The van der Waals surface area contributed by atoms with Gasteiger partial charge in [-0.1, -0.05) is 23.2 Å². The molecule has 4 N–H and O–H groups in total. The molecule has 6 nitrogen and oxygen atoms in total. The number of nitrogen functional groups attached to an aromatic ring is 1. The molecule has 0 aliphatic rings. The van der Waals surface area contributed by atoms with Crippen LogP contribution in [0.1, 0.15) is 0 Å². The van der Waals surface area contributed by atoms with Crippen molar-refractivity contribution < 1.29 is 4.39 Å². The molecular formula is C11H7Cl2FN6. The van der Waals surface area contributed by atoms with Crippen molar-refractivity contribution >= 4 is 51.8 Å². The van der Waals surface area contributed by atoms with E-state index in [1.165, 1.54) is 18.5 Å². The van der Waals surface area contributed by atoms with E-state index in [1.54, 1.807) is 0 Å². The Hall–Kier alpha value is -2.12. The first-order chi connectivity index (χ1) is 9.54. The summed E-state index contributed by atoms with van der Waals surface area (Å²) < 4.78 is 13.4. The molecule has 0 fully saturated rings. The number of fused-ring (bicyclic) bond motifs is 1. The SMILES string of the molecule is Nc1nc(Nc2cc(Cl)c(F)c(Cl)c2)c2[nH]cnc2n1. The van der Waals surface area contributed by atoms with Gasteiger partial charge in [-0.05, 0) is 12.1 Å². The van der Waals surface area contributed by atoms with Crippen molar-refractivity contribution in [1.29, 1.82) is 0 Å². The zero-order valence-electron chi connectivity index (χ0n) is 9.78.